The number of nitrogens with zero attached hydrogens (tertiary/aromatic N) is 2. The maximum atomic E-state index is 14.1. The molecule has 15 heteroatoms. The van der Waals surface area contributed by atoms with Gasteiger partial charge in [0.2, 0.25) is 0 Å². The molecule has 0 saturated heterocycles. The van der Waals surface area contributed by atoms with E-state index in [4.69, 9.17) is 21.1 Å². The number of aromatic nitrogens is 3. The number of aryl methyl sites for hydroxylation is 1. The summed E-state index contributed by atoms with van der Waals surface area (Å²) in [4.78, 5) is 40.3. The van der Waals surface area contributed by atoms with E-state index in [-0.39, 0.29) is 29.7 Å². The molecule has 0 fully saturated rings. The summed E-state index contributed by atoms with van der Waals surface area (Å²) in [6.45, 7) is 1.62. The third kappa shape index (κ3) is 7.23. The van der Waals surface area contributed by atoms with Crippen molar-refractivity contribution in [1.29, 1.82) is 0 Å². The van der Waals surface area contributed by atoms with Crippen LogP contribution < -0.4 is 26.2 Å². The average molecular weight is 591 g/mol. The Bertz CT molecular complexity index is 1640. The van der Waals surface area contributed by atoms with E-state index >= 15 is 0 Å². The van der Waals surface area contributed by atoms with E-state index in [1.54, 1.807) is 24.3 Å². The van der Waals surface area contributed by atoms with Gasteiger partial charge < -0.3 is 20.1 Å². The van der Waals surface area contributed by atoms with E-state index in [0.717, 1.165) is 23.8 Å². The number of alkyl halides is 3. The Kier molecular flexibility index (Phi) is 8.64. The summed E-state index contributed by atoms with van der Waals surface area (Å²) < 4.78 is 53.6. The van der Waals surface area contributed by atoms with Crippen molar-refractivity contribution in [3.05, 3.63) is 87.3 Å². The van der Waals surface area contributed by atoms with Crippen LogP contribution in [0.25, 0.3) is 5.69 Å². The van der Waals surface area contributed by atoms with Crippen LogP contribution in [0, 0.1) is 6.92 Å². The van der Waals surface area contributed by atoms with E-state index in [9.17, 15) is 27.6 Å². The highest BCUT2D eigenvalue weighted by molar-refractivity contribution is 6.35. The zero-order valence-electron chi connectivity index (χ0n) is 21.4. The minimum Gasteiger partial charge on any atom is -0.456 e. The molecule has 0 spiro atoms. The van der Waals surface area contributed by atoms with Crippen molar-refractivity contribution in [2.24, 2.45) is 0 Å². The monoisotopic (exact) mass is 590 g/mol. The quantitative estimate of drug-likeness (QED) is 0.212. The van der Waals surface area contributed by atoms with E-state index in [0.29, 0.717) is 5.69 Å². The molecule has 4 N–H and O–H groups in total. The van der Waals surface area contributed by atoms with E-state index in [2.05, 4.69) is 26.0 Å². The predicted octanol–water partition coefficient (Wildman–Crippen LogP) is 5.56. The number of H-pyrrole nitrogens is 1. The van der Waals surface area contributed by atoms with Crippen molar-refractivity contribution >= 4 is 40.9 Å². The SMILES string of the molecule is COCC(=O)Nc1cc(Oc2ccc(NC(=O)Nc3cc(=O)[nH]n3-c3ccc(C)cc3)c(Cl)c2C(F)(F)F)ccn1. The molecule has 4 aromatic rings. The van der Waals surface area contributed by atoms with Crippen molar-refractivity contribution in [2.45, 2.75) is 13.1 Å². The Morgan fingerprint density at radius 3 is 2.46 bits per heavy atom. The molecule has 0 aliphatic heterocycles. The molecule has 3 amide bonds. The molecule has 0 aliphatic carbocycles. The number of aromatic amines is 1. The second-order valence-corrected chi connectivity index (χ2v) is 8.89. The largest absolute Gasteiger partial charge is 0.456 e. The van der Waals surface area contributed by atoms with Gasteiger partial charge in [-0.15, -0.1) is 0 Å². The molecule has 2 heterocycles. The van der Waals surface area contributed by atoms with Crippen LogP contribution >= 0.6 is 11.6 Å². The van der Waals surface area contributed by atoms with Crippen molar-refractivity contribution < 1.29 is 32.2 Å². The van der Waals surface area contributed by atoms with Gasteiger partial charge in [-0.3, -0.25) is 20.0 Å². The lowest BCUT2D eigenvalue weighted by Gasteiger charge is -2.18. The highest BCUT2D eigenvalue weighted by Gasteiger charge is 2.38. The summed E-state index contributed by atoms with van der Waals surface area (Å²) in [5.74, 6) is -1.20. The summed E-state index contributed by atoms with van der Waals surface area (Å²) in [5.41, 5.74) is -0.735. The van der Waals surface area contributed by atoms with E-state index in [1.165, 1.54) is 30.1 Å². The van der Waals surface area contributed by atoms with Gasteiger partial charge in [0, 0.05) is 25.4 Å². The highest BCUT2D eigenvalue weighted by Crippen LogP contribution is 2.45. The Labute approximate surface area is 235 Å². The second kappa shape index (κ2) is 12.1. The molecular formula is C26H22ClF3N6O5. The molecule has 0 unspecified atom stereocenters. The molecule has 0 radical (unpaired) electrons. The van der Waals surface area contributed by atoms with Gasteiger partial charge in [-0.25, -0.2) is 14.5 Å². The zero-order valence-corrected chi connectivity index (χ0v) is 22.2. The number of ether oxygens (including phenoxy) is 2. The van der Waals surface area contributed by atoms with Crippen LogP contribution in [0.3, 0.4) is 0 Å². The number of halogens is 4. The fraction of sp³-hybridized carbons (Fsp3) is 0.154. The lowest BCUT2D eigenvalue weighted by Crippen LogP contribution is -2.22. The van der Waals surface area contributed by atoms with Crippen LogP contribution in [0.2, 0.25) is 5.02 Å². The summed E-state index contributed by atoms with van der Waals surface area (Å²) in [6.07, 6.45) is -3.75. The third-order valence-corrected chi connectivity index (χ3v) is 5.79. The predicted molar refractivity (Wildman–Crippen MR) is 145 cm³/mol. The van der Waals surface area contributed by atoms with Crippen molar-refractivity contribution in [2.75, 3.05) is 29.7 Å². The molecule has 0 saturated carbocycles. The third-order valence-electron chi connectivity index (χ3n) is 5.40. The summed E-state index contributed by atoms with van der Waals surface area (Å²) in [6, 6.07) is 11.8. The number of pyridine rings is 1. The number of anilines is 3. The van der Waals surface area contributed by atoms with Crippen LogP contribution in [0.5, 0.6) is 11.5 Å². The molecule has 0 bridgehead atoms. The van der Waals surface area contributed by atoms with Gasteiger partial charge in [-0.05, 0) is 37.3 Å². The Hall–Kier alpha value is -4.82. The summed E-state index contributed by atoms with van der Waals surface area (Å²) >= 11 is 6.11. The van der Waals surface area contributed by atoms with Gasteiger partial charge in [0.25, 0.3) is 11.5 Å². The van der Waals surface area contributed by atoms with Gasteiger partial charge in [0.1, 0.15) is 35.3 Å². The van der Waals surface area contributed by atoms with Crippen LogP contribution in [-0.2, 0) is 15.7 Å². The first-order valence-corrected chi connectivity index (χ1v) is 12.1. The number of nitrogens with one attached hydrogen (secondary N) is 4. The standard InChI is InChI=1S/C26H22ClF3N6O5/c1-14-3-5-15(6-4-14)36-20(12-21(37)35-36)34-25(39)32-17-7-8-18(23(24(17)27)26(28,29)30)41-16-9-10-31-19(11-16)33-22(38)13-40-2/h3-12H,13H2,1-2H3,(H,35,37)(H,31,33,38)(H2,32,34,39). The number of benzene rings is 2. The fourth-order valence-corrected chi connectivity index (χ4v) is 3.95. The smallest absolute Gasteiger partial charge is 0.421 e. The lowest BCUT2D eigenvalue weighted by molar-refractivity contribution is -0.138. The summed E-state index contributed by atoms with van der Waals surface area (Å²) in [7, 11) is 1.32. The van der Waals surface area contributed by atoms with Gasteiger partial charge in [0.05, 0.1) is 16.4 Å². The molecule has 11 nitrogen and oxygen atoms in total. The van der Waals surface area contributed by atoms with Gasteiger partial charge in [-0.1, -0.05) is 29.3 Å². The van der Waals surface area contributed by atoms with Crippen molar-refractivity contribution in [3.8, 4) is 17.2 Å². The van der Waals surface area contributed by atoms with E-state index < -0.39 is 40.0 Å². The number of urea groups is 1. The number of carbonyl (C=O) groups is 2. The first-order valence-electron chi connectivity index (χ1n) is 11.7. The lowest BCUT2D eigenvalue weighted by atomic mass is 10.1. The maximum Gasteiger partial charge on any atom is 0.421 e. The number of amides is 3. The minimum atomic E-state index is -4.98. The maximum absolute atomic E-state index is 14.1. The molecule has 2 aromatic carbocycles. The number of rotatable bonds is 8. The Balaban J connectivity index is 1.57. The van der Waals surface area contributed by atoms with Crippen LogP contribution in [-0.4, -0.2) is 40.4 Å². The number of hydrogen-bond acceptors (Lipinski definition) is 6. The van der Waals surface area contributed by atoms with Gasteiger partial charge in [0.15, 0.2) is 0 Å². The first-order chi connectivity index (χ1) is 19.4. The molecular weight excluding hydrogens is 569 g/mol. The van der Waals surface area contributed by atoms with Crippen LogP contribution in [0.15, 0.2) is 65.6 Å². The second-order valence-electron chi connectivity index (χ2n) is 8.51. The zero-order chi connectivity index (χ0) is 29.7. The average Bonchev–Trinajstić information content (AvgIpc) is 3.25. The van der Waals surface area contributed by atoms with Crippen molar-refractivity contribution in [3.63, 3.8) is 0 Å². The Morgan fingerprint density at radius 2 is 1.78 bits per heavy atom. The number of carbonyl (C=O) groups excluding carboxylic acids is 2. The molecule has 2 aromatic heterocycles. The first kappa shape index (κ1) is 29.2. The molecule has 214 valence electrons. The van der Waals surface area contributed by atoms with Crippen molar-refractivity contribution in [1.82, 2.24) is 14.8 Å². The molecule has 4 rings (SSSR count). The number of hydrogen-bond donors (Lipinski definition) is 4. The van der Waals surface area contributed by atoms with Crippen LogP contribution in [0.1, 0.15) is 11.1 Å². The molecule has 41 heavy (non-hydrogen) atoms. The van der Waals surface area contributed by atoms with Gasteiger partial charge >= 0.3 is 12.2 Å². The molecule has 0 aliphatic rings. The van der Waals surface area contributed by atoms with Crippen LogP contribution in [0.4, 0.5) is 35.3 Å². The minimum absolute atomic E-state index is 0.0213. The highest BCUT2D eigenvalue weighted by atomic mass is 35.5. The summed E-state index contributed by atoms with van der Waals surface area (Å²) in [5, 5.41) is 8.80. The Morgan fingerprint density at radius 1 is 1.05 bits per heavy atom. The molecule has 0 atom stereocenters. The normalized spacial score (nSPS) is 11.2. The fourth-order valence-electron chi connectivity index (χ4n) is 3.63. The topological polar surface area (TPSA) is 139 Å². The van der Waals surface area contributed by atoms with Gasteiger partial charge in [-0.2, -0.15) is 13.2 Å². The number of methoxy groups -OCH3 is 1. The van der Waals surface area contributed by atoms with E-state index in [1.807, 2.05) is 6.92 Å².